The van der Waals surface area contributed by atoms with E-state index >= 15 is 0 Å². The summed E-state index contributed by atoms with van der Waals surface area (Å²) in [6.07, 6.45) is -5.66. The van der Waals surface area contributed by atoms with Crippen molar-refractivity contribution in [1.82, 2.24) is 15.2 Å². The number of benzene rings is 2. The van der Waals surface area contributed by atoms with Crippen molar-refractivity contribution < 1.29 is 27.1 Å². The second-order valence-corrected chi connectivity index (χ2v) is 7.50. The van der Waals surface area contributed by atoms with Gasteiger partial charge in [-0.2, -0.15) is 18.4 Å². The number of rotatable bonds is 6. The summed E-state index contributed by atoms with van der Waals surface area (Å²) in [5.41, 5.74) is -0.486. The van der Waals surface area contributed by atoms with Crippen molar-refractivity contribution in [3.8, 4) is 17.2 Å². The number of nitrogens with one attached hydrogen (secondary N) is 1. The largest absolute Gasteiger partial charge is 0.426 e. The molecule has 34 heavy (non-hydrogen) atoms. The Morgan fingerprint density at radius 1 is 1.09 bits per heavy atom. The lowest BCUT2D eigenvalue weighted by atomic mass is 9.99. The first-order valence-corrected chi connectivity index (χ1v) is 10.1. The van der Waals surface area contributed by atoms with E-state index in [-0.39, 0.29) is 24.1 Å². The fourth-order valence-corrected chi connectivity index (χ4v) is 3.42. The molecule has 7 nitrogen and oxygen atoms in total. The molecule has 0 amide bonds. The summed E-state index contributed by atoms with van der Waals surface area (Å²) in [4.78, 5) is 4.32. The summed E-state index contributed by atoms with van der Waals surface area (Å²) in [5.74, 6) is -1.33. The molecule has 0 saturated heterocycles. The van der Waals surface area contributed by atoms with E-state index in [0.717, 1.165) is 12.3 Å². The van der Waals surface area contributed by atoms with Crippen LogP contribution in [0.15, 0.2) is 52.9 Å². The van der Waals surface area contributed by atoms with E-state index in [0.29, 0.717) is 22.2 Å². The predicted octanol–water partition coefficient (Wildman–Crippen LogP) is 5.07. The third-order valence-corrected chi connectivity index (χ3v) is 5.35. The third-order valence-electron chi connectivity index (χ3n) is 5.35. The van der Waals surface area contributed by atoms with E-state index < -0.39 is 24.1 Å². The molecule has 0 aliphatic heterocycles. The van der Waals surface area contributed by atoms with Gasteiger partial charge in [0.1, 0.15) is 17.6 Å². The minimum atomic E-state index is -4.98. The first-order valence-electron chi connectivity index (χ1n) is 10.1. The minimum absolute atomic E-state index is 0.0957. The van der Waals surface area contributed by atoms with Crippen molar-refractivity contribution in [2.45, 2.75) is 31.7 Å². The van der Waals surface area contributed by atoms with E-state index in [1.807, 2.05) is 6.07 Å². The van der Waals surface area contributed by atoms with E-state index in [4.69, 9.17) is 4.42 Å². The summed E-state index contributed by atoms with van der Waals surface area (Å²) in [6.45, 7) is 1.25. The normalized spacial score (nSPS) is 13.4. The zero-order chi connectivity index (χ0) is 24.5. The molecule has 174 valence electrons. The molecular weight excluding hydrogens is 454 g/mol. The van der Waals surface area contributed by atoms with Crippen molar-refractivity contribution in [2.75, 3.05) is 5.32 Å². The van der Waals surface area contributed by atoms with E-state index in [9.17, 15) is 27.9 Å². The highest BCUT2D eigenvalue weighted by Gasteiger charge is 2.57. The molecule has 0 aliphatic rings. The highest BCUT2D eigenvalue weighted by molar-refractivity contribution is 5.95. The summed E-state index contributed by atoms with van der Waals surface area (Å²) in [7, 11) is 0. The lowest BCUT2D eigenvalue weighted by molar-refractivity contribution is -0.275. The van der Waals surface area contributed by atoms with Crippen LogP contribution in [0, 0.1) is 17.1 Å². The van der Waals surface area contributed by atoms with Crippen molar-refractivity contribution in [3.63, 3.8) is 0 Å². The number of aliphatic hydroxyl groups is 1. The van der Waals surface area contributed by atoms with Crippen LogP contribution >= 0.6 is 0 Å². The molecule has 11 heteroatoms. The number of hydrogen-bond acceptors (Lipinski definition) is 7. The smallest absolute Gasteiger partial charge is 0.405 e. The molecule has 2 aromatic heterocycles. The standard InChI is InChI=1S/C23H17F4N5O2/c1-2-22(33,23(25,26)27)20-31-32-21(34-20)29-12-13-3-8-17-18(14-4-6-15(24)7-5-14)10-16(11-28)30-19(17)9-13/h3-10,33H,2,12H2,1H3,(H,29,32). The molecular formula is C23H17F4N5O2. The molecule has 0 spiro atoms. The van der Waals surface area contributed by atoms with Gasteiger partial charge in [0.05, 0.1) is 5.52 Å². The number of alkyl halides is 3. The average molecular weight is 471 g/mol. The van der Waals surface area contributed by atoms with Crippen LogP contribution in [0.2, 0.25) is 0 Å². The first-order chi connectivity index (χ1) is 16.1. The number of halogens is 4. The topological polar surface area (TPSA) is 108 Å². The van der Waals surface area contributed by atoms with Gasteiger partial charge in [-0.05, 0) is 47.4 Å². The minimum Gasteiger partial charge on any atom is -0.405 e. The molecule has 0 aliphatic carbocycles. The monoisotopic (exact) mass is 471 g/mol. The summed E-state index contributed by atoms with van der Waals surface area (Å²) < 4.78 is 57.9. The molecule has 0 fully saturated rings. The Kier molecular flexibility index (Phi) is 5.93. The van der Waals surface area contributed by atoms with Crippen molar-refractivity contribution in [3.05, 3.63) is 71.5 Å². The van der Waals surface area contributed by atoms with Crippen molar-refractivity contribution >= 4 is 16.9 Å². The molecule has 2 heterocycles. The predicted molar refractivity (Wildman–Crippen MR) is 114 cm³/mol. The van der Waals surface area contributed by atoms with Gasteiger partial charge in [-0.25, -0.2) is 9.37 Å². The van der Waals surface area contributed by atoms with E-state index in [1.54, 1.807) is 36.4 Å². The number of pyridine rings is 1. The Morgan fingerprint density at radius 2 is 1.82 bits per heavy atom. The van der Waals surface area contributed by atoms with Gasteiger partial charge in [-0.1, -0.05) is 36.3 Å². The quantitative estimate of drug-likeness (QED) is 0.378. The molecule has 4 aromatic rings. The third kappa shape index (κ3) is 4.27. The lowest BCUT2D eigenvalue weighted by Crippen LogP contribution is -2.42. The van der Waals surface area contributed by atoms with Crippen LogP contribution in [0.25, 0.3) is 22.0 Å². The van der Waals surface area contributed by atoms with Gasteiger partial charge in [0.2, 0.25) is 5.60 Å². The summed E-state index contributed by atoms with van der Waals surface area (Å²) in [5, 5.41) is 29.6. The Labute approximate surface area is 190 Å². The zero-order valence-corrected chi connectivity index (χ0v) is 17.7. The van der Waals surface area contributed by atoms with Crippen LogP contribution < -0.4 is 5.32 Å². The van der Waals surface area contributed by atoms with Crippen LogP contribution in [-0.4, -0.2) is 26.5 Å². The number of nitrogens with zero attached hydrogens (tertiary/aromatic N) is 4. The number of nitriles is 1. The number of hydrogen-bond donors (Lipinski definition) is 2. The van der Waals surface area contributed by atoms with Gasteiger partial charge in [0.15, 0.2) is 0 Å². The Balaban J connectivity index is 1.60. The maximum atomic E-state index is 13.3. The van der Waals surface area contributed by atoms with Gasteiger partial charge in [-0.15, -0.1) is 5.10 Å². The van der Waals surface area contributed by atoms with Crippen LogP contribution in [-0.2, 0) is 12.1 Å². The first kappa shape index (κ1) is 23.1. The van der Waals surface area contributed by atoms with Gasteiger partial charge in [0.25, 0.3) is 5.89 Å². The van der Waals surface area contributed by atoms with Crippen LogP contribution in [0.4, 0.5) is 23.6 Å². The number of aromatic nitrogens is 3. The highest BCUT2D eigenvalue weighted by atomic mass is 19.4. The Hall–Kier alpha value is -4.04. The second kappa shape index (κ2) is 8.72. The summed E-state index contributed by atoms with van der Waals surface area (Å²) >= 11 is 0. The van der Waals surface area contributed by atoms with Gasteiger partial charge >= 0.3 is 12.2 Å². The molecule has 2 N–H and O–H groups in total. The molecule has 2 aromatic carbocycles. The van der Waals surface area contributed by atoms with E-state index in [1.165, 1.54) is 12.1 Å². The van der Waals surface area contributed by atoms with Crippen LogP contribution in [0.3, 0.4) is 0 Å². The van der Waals surface area contributed by atoms with Gasteiger partial charge < -0.3 is 14.8 Å². The lowest BCUT2D eigenvalue weighted by Gasteiger charge is -2.25. The molecule has 4 rings (SSSR count). The molecule has 1 atom stereocenters. The van der Waals surface area contributed by atoms with Crippen LogP contribution in [0.1, 0.15) is 30.5 Å². The molecule has 1 unspecified atom stereocenters. The zero-order valence-electron chi connectivity index (χ0n) is 17.7. The Morgan fingerprint density at radius 3 is 2.47 bits per heavy atom. The Bertz CT molecular complexity index is 1380. The summed E-state index contributed by atoms with van der Waals surface area (Å²) in [6, 6.07) is 14.4. The average Bonchev–Trinajstić information content (AvgIpc) is 3.30. The molecule has 0 saturated carbocycles. The SMILES string of the molecule is CCC(O)(c1nnc(NCc2ccc3c(-c4ccc(F)cc4)cc(C#N)nc3c2)o1)C(F)(F)F. The fourth-order valence-electron chi connectivity index (χ4n) is 3.42. The number of anilines is 1. The second-order valence-electron chi connectivity index (χ2n) is 7.50. The van der Waals surface area contributed by atoms with Crippen LogP contribution in [0.5, 0.6) is 0 Å². The molecule has 0 radical (unpaired) electrons. The van der Waals surface area contributed by atoms with E-state index in [2.05, 4.69) is 20.5 Å². The van der Waals surface area contributed by atoms with Crippen molar-refractivity contribution in [2.24, 2.45) is 0 Å². The fraction of sp³-hybridized carbons (Fsp3) is 0.217. The maximum Gasteiger partial charge on any atom is 0.426 e. The van der Waals surface area contributed by atoms with Gasteiger partial charge in [0, 0.05) is 11.9 Å². The van der Waals surface area contributed by atoms with Crippen molar-refractivity contribution in [1.29, 1.82) is 5.26 Å². The number of fused-ring (bicyclic) bond motifs is 1. The highest BCUT2D eigenvalue weighted by Crippen LogP contribution is 2.41. The van der Waals surface area contributed by atoms with Gasteiger partial charge in [-0.3, -0.25) is 0 Å². The molecule has 0 bridgehead atoms. The maximum absolute atomic E-state index is 13.3.